The first-order valence-corrected chi connectivity index (χ1v) is 6.55. The molecular formula is C14H14N4O3. The molecule has 3 rings (SSSR count). The van der Waals surface area contributed by atoms with Crippen molar-refractivity contribution in [3.05, 3.63) is 29.8 Å². The molecule has 0 spiro atoms. The molecule has 1 unspecified atom stereocenters. The Kier molecular flexibility index (Phi) is 3.17. The zero-order valence-corrected chi connectivity index (χ0v) is 11.6. The van der Waals surface area contributed by atoms with Crippen LogP contribution in [-0.4, -0.2) is 31.3 Å². The van der Waals surface area contributed by atoms with Gasteiger partial charge in [0.2, 0.25) is 5.82 Å². The number of carboxylic acid groups (broad SMARTS) is 1. The number of aromatic nitrogens is 4. The smallest absolute Gasteiger partial charge is 0.305 e. The van der Waals surface area contributed by atoms with E-state index in [1.54, 1.807) is 6.92 Å². The Hall–Kier alpha value is -2.70. The second-order valence-corrected chi connectivity index (χ2v) is 5.05. The molecule has 0 fully saturated rings. The Morgan fingerprint density at radius 3 is 3.00 bits per heavy atom. The average molecular weight is 286 g/mol. The van der Waals surface area contributed by atoms with E-state index in [0.717, 1.165) is 16.5 Å². The minimum atomic E-state index is -0.899. The predicted molar refractivity (Wildman–Crippen MR) is 74.7 cm³/mol. The van der Waals surface area contributed by atoms with E-state index in [-0.39, 0.29) is 12.5 Å². The van der Waals surface area contributed by atoms with Crippen LogP contribution in [0.2, 0.25) is 0 Å². The molecule has 2 aromatic heterocycles. The number of carbonyl (C=O) groups is 1. The number of hydrogen-bond acceptors (Lipinski definition) is 5. The number of nitrogens with zero attached hydrogens (tertiary/aromatic N) is 4. The van der Waals surface area contributed by atoms with Gasteiger partial charge in [-0.25, -0.2) is 4.68 Å². The largest absolute Gasteiger partial charge is 0.481 e. The van der Waals surface area contributed by atoms with Gasteiger partial charge in [-0.05, 0) is 42.5 Å². The van der Waals surface area contributed by atoms with E-state index in [4.69, 9.17) is 9.52 Å². The molecule has 1 atom stereocenters. The van der Waals surface area contributed by atoms with Crippen LogP contribution in [0.4, 0.5) is 0 Å². The van der Waals surface area contributed by atoms with E-state index in [0.29, 0.717) is 11.6 Å². The van der Waals surface area contributed by atoms with Crippen molar-refractivity contribution in [3.8, 4) is 11.6 Å². The lowest BCUT2D eigenvalue weighted by atomic mass is 10.2. The summed E-state index contributed by atoms with van der Waals surface area (Å²) < 4.78 is 7.22. The SMILES string of the molecule is Cc1ccc2oc(-c3nnnn3C(C)CC(=O)O)cc2c1. The topological polar surface area (TPSA) is 94.0 Å². The van der Waals surface area contributed by atoms with Crippen LogP contribution in [0, 0.1) is 6.92 Å². The standard InChI is InChI=1S/C14H14N4O3/c1-8-3-4-11-10(5-8)7-12(21-11)14-15-16-17-18(14)9(2)6-13(19)20/h3-5,7,9H,6H2,1-2H3,(H,19,20). The molecule has 21 heavy (non-hydrogen) atoms. The first kappa shape index (κ1) is 13.3. The molecule has 0 aliphatic heterocycles. The highest BCUT2D eigenvalue weighted by molar-refractivity contribution is 5.82. The zero-order valence-electron chi connectivity index (χ0n) is 11.6. The molecular weight excluding hydrogens is 272 g/mol. The molecule has 0 saturated heterocycles. The molecule has 1 N–H and O–H groups in total. The van der Waals surface area contributed by atoms with E-state index < -0.39 is 5.97 Å². The van der Waals surface area contributed by atoms with E-state index in [2.05, 4.69) is 15.5 Å². The van der Waals surface area contributed by atoms with Crippen molar-refractivity contribution in [1.29, 1.82) is 0 Å². The molecule has 0 radical (unpaired) electrons. The van der Waals surface area contributed by atoms with Crippen molar-refractivity contribution in [3.63, 3.8) is 0 Å². The number of carboxylic acids is 1. The van der Waals surface area contributed by atoms with E-state index in [9.17, 15) is 4.79 Å². The number of rotatable bonds is 4. The monoisotopic (exact) mass is 286 g/mol. The van der Waals surface area contributed by atoms with Crippen LogP contribution >= 0.6 is 0 Å². The lowest BCUT2D eigenvalue weighted by Crippen LogP contribution is -2.13. The maximum Gasteiger partial charge on any atom is 0.305 e. The van der Waals surface area contributed by atoms with Gasteiger partial charge >= 0.3 is 5.97 Å². The molecule has 7 nitrogen and oxygen atoms in total. The summed E-state index contributed by atoms with van der Waals surface area (Å²) in [6.07, 6.45) is -0.0582. The van der Waals surface area contributed by atoms with Crippen molar-refractivity contribution < 1.29 is 14.3 Å². The molecule has 0 saturated carbocycles. The van der Waals surface area contributed by atoms with Crippen LogP contribution in [0.15, 0.2) is 28.7 Å². The summed E-state index contributed by atoms with van der Waals surface area (Å²) >= 11 is 0. The van der Waals surface area contributed by atoms with Crippen molar-refractivity contribution in [2.45, 2.75) is 26.3 Å². The van der Waals surface area contributed by atoms with Gasteiger partial charge in [0, 0.05) is 5.39 Å². The number of aliphatic carboxylic acids is 1. The summed E-state index contributed by atoms with van der Waals surface area (Å²) in [5, 5.41) is 21.3. The third-order valence-electron chi connectivity index (χ3n) is 3.27. The van der Waals surface area contributed by atoms with E-state index in [1.165, 1.54) is 4.68 Å². The molecule has 2 heterocycles. The predicted octanol–water partition coefficient (Wildman–Crippen LogP) is 2.43. The summed E-state index contributed by atoms with van der Waals surface area (Å²) in [6.45, 7) is 3.76. The fourth-order valence-electron chi connectivity index (χ4n) is 2.26. The number of furan rings is 1. The summed E-state index contributed by atoms with van der Waals surface area (Å²) in [6, 6.07) is 7.37. The first-order valence-electron chi connectivity index (χ1n) is 6.55. The lowest BCUT2D eigenvalue weighted by molar-refractivity contribution is -0.137. The normalized spacial score (nSPS) is 12.7. The van der Waals surface area contributed by atoms with Crippen molar-refractivity contribution >= 4 is 16.9 Å². The second kappa shape index (κ2) is 5.01. The van der Waals surface area contributed by atoms with E-state index >= 15 is 0 Å². The number of aryl methyl sites for hydroxylation is 1. The van der Waals surface area contributed by atoms with Crippen LogP contribution in [0.1, 0.15) is 24.9 Å². The maximum absolute atomic E-state index is 10.8. The minimum Gasteiger partial charge on any atom is -0.481 e. The summed E-state index contributed by atoms with van der Waals surface area (Å²) in [7, 11) is 0. The summed E-state index contributed by atoms with van der Waals surface area (Å²) in [5.41, 5.74) is 1.88. The van der Waals surface area contributed by atoms with Gasteiger partial charge in [-0.15, -0.1) is 5.10 Å². The third kappa shape index (κ3) is 2.49. The highest BCUT2D eigenvalue weighted by Crippen LogP contribution is 2.28. The average Bonchev–Trinajstić information content (AvgIpc) is 3.02. The zero-order chi connectivity index (χ0) is 15.0. The van der Waals surface area contributed by atoms with Gasteiger partial charge in [-0.1, -0.05) is 11.6 Å². The fourth-order valence-corrected chi connectivity index (χ4v) is 2.26. The van der Waals surface area contributed by atoms with Crippen LogP contribution in [-0.2, 0) is 4.79 Å². The van der Waals surface area contributed by atoms with Crippen molar-refractivity contribution in [2.24, 2.45) is 0 Å². The first-order chi connectivity index (χ1) is 10.0. The quantitative estimate of drug-likeness (QED) is 0.791. The van der Waals surface area contributed by atoms with Gasteiger partial charge in [0.25, 0.3) is 0 Å². The van der Waals surface area contributed by atoms with Gasteiger partial charge in [0.1, 0.15) is 5.58 Å². The van der Waals surface area contributed by atoms with Crippen molar-refractivity contribution in [2.75, 3.05) is 0 Å². The molecule has 0 aliphatic rings. The molecule has 0 aliphatic carbocycles. The Bertz CT molecular complexity index is 806. The van der Waals surface area contributed by atoms with Gasteiger partial charge in [0.05, 0.1) is 12.5 Å². The van der Waals surface area contributed by atoms with Gasteiger partial charge < -0.3 is 9.52 Å². The maximum atomic E-state index is 10.8. The molecule has 3 aromatic rings. The Labute approximate surface area is 120 Å². The lowest BCUT2D eigenvalue weighted by Gasteiger charge is -2.09. The van der Waals surface area contributed by atoms with Crippen LogP contribution in [0.25, 0.3) is 22.6 Å². The molecule has 7 heteroatoms. The Balaban J connectivity index is 2.03. The number of benzene rings is 1. The van der Waals surface area contributed by atoms with Gasteiger partial charge in [-0.2, -0.15) is 0 Å². The highest BCUT2D eigenvalue weighted by atomic mass is 16.4. The van der Waals surface area contributed by atoms with Crippen molar-refractivity contribution in [1.82, 2.24) is 20.2 Å². The molecule has 1 aromatic carbocycles. The number of hydrogen-bond donors (Lipinski definition) is 1. The second-order valence-electron chi connectivity index (χ2n) is 5.05. The highest BCUT2D eigenvalue weighted by Gasteiger charge is 2.19. The Morgan fingerprint density at radius 1 is 1.43 bits per heavy atom. The van der Waals surface area contributed by atoms with E-state index in [1.807, 2.05) is 31.2 Å². The number of tetrazole rings is 1. The van der Waals surface area contributed by atoms with Gasteiger partial charge in [0.15, 0.2) is 5.76 Å². The van der Waals surface area contributed by atoms with Crippen LogP contribution < -0.4 is 0 Å². The molecule has 108 valence electrons. The van der Waals surface area contributed by atoms with Crippen LogP contribution in [0.5, 0.6) is 0 Å². The molecule has 0 amide bonds. The number of fused-ring (bicyclic) bond motifs is 1. The third-order valence-corrected chi connectivity index (χ3v) is 3.27. The summed E-state index contributed by atoms with van der Waals surface area (Å²) in [4.78, 5) is 10.8. The minimum absolute atomic E-state index is 0.0582. The van der Waals surface area contributed by atoms with Gasteiger partial charge in [-0.3, -0.25) is 4.79 Å². The Morgan fingerprint density at radius 2 is 2.24 bits per heavy atom. The molecule has 0 bridgehead atoms. The fraction of sp³-hybridized carbons (Fsp3) is 0.286. The van der Waals surface area contributed by atoms with Crippen LogP contribution in [0.3, 0.4) is 0 Å². The summed E-state index contributed by atoms with van der Waals surface area (Å²) in [5.74, 6) is 0.0552.